The summed E-state index contributed by atoms with van der Waals surface area (Å²) in [5.74, 6) is 0.726. The second-order valence-corrected chi connectivity index (χ2v) is 5.69. The van der Waals surface area contributed by atoms with Gasteiger partial charge >= 0.3 is 0 Å². The van der Waals surface area contributed by atoms with Crippen molar-refractivity contribution in [1.82, 2.24) is 0 Å². The molecule has 1 unspecified atom stereocenters. The van der Waals surface area contributed by atoms with Crippen LogP contribution in [0, 0.1) is 0 Å². The topological polar surface area (TPSA) is 35.2 Å². The molecule has 2 nitrogen and oxygen atoms in total. The van der Waals surface area contributed by atoms with Crippen molar-refractivity contribution < 1.29 is 4.74 Å². The molecule has 1 aromatic rings. The van der Waals surface area contributed by atoms with E-state index in [0.29, 0.717) is 11.6 Å². The first-order chi connectivity index (χ1) is 8.47. The molecule has 1 aromatic carbocycles. The Labute approximate surface area is 114 Å². The molecule has 98 valence electrons. The van der Waals surface area contributed by atoms with Gasteiger partial charge in [0, 0.05) is 11.5 Å². The molecule has 0 bridgehead atoms. The monoisotopic (exact) mass is 265 g/mol. The first kappa shape index (κ1) is 13.4. The summed E-state index contributed by atoms with van der Waals surface area (Å²) in [6, 6.07) is 6.06. The van der Waals surface area contributed by atoms with E-state index >= 15 is 0 Å². The summed E-state index contributed by atoms with van der Waals surface area (Å²) in [7, 11) is 0. The lowest BCUT2D eigenvalue weighted by Crippen LogP contribution is -2.31. The zero-order chi connectivity index (χ0) is 13.3. The normalized spacial score (nSPS) is 18.2. The third-order valence-electron chi connectivity index (χ3n) is 3.63. The van der Waals surface area contributed by atoms with Gasteiger partial charge in [0.2, 0.25) is 0 Å². The highest BCUT2D eigenvalue weighted by Crippen LogP contribution is 2.53. The minimum absolute atomic E-state index is 0.0552. The van der Waals surface area contributed by atoms with Crippen molar-refractivity contribution in [2.45, 2.75) is 38.1 Å². The molecule has 0 spiro atoms. The molecule has 1 atom stereocenters. The van der Waals surface area contributed by atoms with Crippen molar-refractivity contribution in [3.05, 3.63) is 40.9 Å². The Bertz CT molecular complexity index is 464. The molecular formula is C15H20ClNO. The maximum atomic E-state index is 6.45. The number of rotatable bonds is 5. The standard InChI is InChI=1S/C15H20ClNO/c1-10(2)9-18-13-6-4-5-12(14(13)16)15(7-8-15)11(3)17/h4-6,11H,1,7-9,17H2,2-3H3. The Kier molecular flexibility index (Phi) is 3.69. The molecule has 0 amide bonds. The third-order valence-corrected chi connectivity index (χ3v) is 4.02. The maximum Gasteiger partial charge on any atom is 0.138 e. The summed E-state index contributed by atoms with van der Waals surface area (Å²) >= 11 is 6.45. The molecule has 0 radical (unpaired) electrons. The minimum atomic E-state index is 0.0552. The van der Waals surface area contributed by atoms with E-state index in [1.54, 1.807) is 0 Å². The van der Waals surface area contributed by atoms with Gasteiger partial charge in [0.15, 0.2) is 0 Å². The molecule has 1 saturated carbocycles. The fourth-order valence-electron chi connectivity index (χ4n) is 2.31. The van der Waals surface area contributed by atoms with Crippen LogP contribution in [0.25, 0.3) is 0 Å². The van der Waals surface area contributed by atoms with E-state index in [4.69, 9.17) is 22.1 Å². The van der Waals surface area contributed by atoms with Gasteiger partial charge in [-0.1, -0.05) is 30.3 Å². The van der Waals surface area contributed by atoms with Crippen LogP contribution in [0.4, 0.5) is 0 Å². The molecular weight excluding hydrogens is 246 g/mol. The lowest BCUT2D eigenvalue weighted by Gasteiger charge is -2.22. The SMILES string of the molecule is C=C(C)COc1cccc(C2(C(C)N)CC2)c1Cl. The van der Waals surface area contributed by atoms with Gasteiger partial charge in [-0.15, -0.1) is 0 Å². The first-order valence-electron chi connectivity index (χ1n) is 6.29. The van der Waals surface area contributed by atoms with Gasteiger partial charge in [-0.25, -0.2) is 0 Å². The van der Waals surface area contributed by atoms with Gasteiger partial charge in [0.25, 0.3) is 0 Å². The Balaban J connectivity index is 2.28. The molecule has 2 rings (SSSR count). The molecule has 1 fully saturated rings. The number of hydrogen-bond acceptors (Lipinski definition) is 2. The Morgan fingerprint density at radius 2 is 2.22 bits per heavy atom. The zero-order valence-corrected chi connectivity index (χ0v) is 11.8. The molecule has 18 heavy (non-hydrogen) atoms. The van der Waals surface area contributed by atoms with Crippen LogP contribution in [0.15, 0.2) is 30.4 Å². The summed E-state index contributed by atoms with van der Waals surface area (Å²) in [5.41, 5.74) is 8.25. The van der Waals surface area contributed by atoms with Crippen LogP contribution in [-0.2, 0) is 5.41 Å². The van der Waals surface area contributed by atoms with Crippen molar-refractivity contribution in [2.75, 3.05) is 6.61 Å². The van der Waals surface area contributed by atoms with Crippen molar-refractivity contribution in [3.63, 3.8) is 0 Å². The zero-order valence-electron chi connectivity index (χ0n) is 11.0. The van der Waals surface area contributed by atoms with Gasteiger partial charge < -0.3 is 10.5 Å². The average Bonchev–Trinajstić information content (AvgIpc) is 3.08. The first-order valence-corrected chi connectivity index (χ1v) is 6.67. The average molecular weight is 266 g/mol. The van der Waals surface area contributed by atoms with Gasteiger partial charge in [-0.05, 0) is 43.9 Å². The van der Waals surface area contributed by atoms with Crippen molar-refractivity contribution in [3.8, 4) is 5.75 Å². The van der Waals surface area contributed by atoms with Gasteiger partial charge in [-0.2, -0.15) is 0 Å². The van der Waals surface area contributed by atoms with E-state index in [9.17, 15) is 0 Å². The summed E-state index contributed by atoms with van der Waals surface area (Å²) < 4.78 is 5.67. The highest BCUT2D eigenvalue weighted by atomic mass is 35.5. The molecule has 0 saturated heterocycles. The second-order valence-electron chi connectivity index (χ2n) is 5.31. The van der Waals surface area contributed by atoms with Crippen LogP contribution in [0.3, 0.4) is 0 Å². The summed E-state index contributed by atoms with van der Waals surface area (Å²) in [5, 5.41) is 0.702. The number of benzene rings is 1. The van der Waals surface area contributed by atoms with E-state index in [1.165, 1.54) is 0 Å². The highest BCUT2D eigenvalue weighted by Gasteiger charge is 2.48. The third kappa shape index (κ3) is 2.40. The molecule has 0 heterocycles. The summed E-state index contributed by atoms with van der Waals surface area (Å²) in [6.45, 7) is 8.30. The fourth-order valence-corrected chi connectivity index (χ4v) is 2.68. The summed E-state index contributed by atoms with van der Waals surface area (Å²) in [6.07, 6.45) is 2.21. The van der Waals surface area contributed by atoms with Crippen LogP contribution in [-0.4, -0.2) is 12.6 Å². The molecule has 0 aromatic heterocycles. The molecule has 2 N–H and O–H groups in total. The highest BCUT2D eigenvalue weighted by molar-refractivity contribution is 6.33. The quantitative estimate of drug-likeness (QED) is 0.825. The predicted molar refractivity (Wildman–Crippen MR) is 76.3 cm³/mol. The molecule has 1 aliphatic carbocycles. The molecule has 3 heteroatoms. The number of halogens is 1. The van der Waals surface area contributed by atoms with Crippen molar-refractivity contribution in [2.24, 2.45) is 5.73 Å². The molecule has 0 aliphatic heterocycles. The number of nitrogens with two attached hydrogens (primary N) is 1. The van der Waals surface area contributed by atoms with E-state index in [1.807, 2.05) is 26.0 Å². The predicted octanol–water partition coefficient (Wildman–Crippen LogP) is 3.67. The lowest BCUT2D eigenvalue weighted by molar-refractivity contribution is 0.352. The minimum Gasteiger partial charge on any atom is -0.488 e. The lowest BCUT2D eigenvalue weighted by atomic mass is 9.89. The van der Waals surface area contributed by atoms with E-state index < -0.39 is 0 Å². The largest absolute Gasteiger partial charge is 0.488 e. The maximum absolute atomic E-state index is 6.45. The number of ether oxygens (including phenoxy) is 1. The van der Waals surface area contributed by atoms with E-state index in [2.05, 4.69) is 12.6 Å². The van der Waals surface area contributed by atoms with E-state index in [0.717, 1.165) is 29.7 Å². The number of hydrogen-bond donors (Lipinski definition) is 1. The summed E-state index contributed by atoms with van der Waals surface area (Å²) in [4.78, 5) is 0. The van der Waals surface area contributed by atoms with Crippen LogP contribution in [0.2, 0.25) is 5.02 Å². The van der Waals surface area contributed by atoms with Crippen molar-refractivity contribution >= 4 is 11.6 Å². The van der Waals surface area contributed by atoms with Crippen LogP contribution < -0.4 is 10.5 Å². The second kappa shape index (κ2) is 4.94. The van der Waals surface area contributed by atoms with E-state index in [-0.39, 0.29) is 11.5 Å². The van der Waals surface area contributed by atoms with Crippen LogP contribution in [0.1, 0.15) is 32.3 Å². The van der Waals surface area contributed by atoms with Crippen LogP contribution >= 0.6 is 11.6 Å². The van der Waals surface area contributed by atoms with Crippen LogP contribution in [0.5, 0.6) is 5.75 Å². The van der Waals surface area contributed by atoms with Gasteiger partial charge in [-0.3, -0.25) is 0 Å². The Morgan fingerprint density at radius 1 is 1.56 bits per heavy atom. The Morgan fingerprint density at radius 3 is 2.72 bits per heavy atom. The smallest absolute Gasteiger partial charge is 0.138 e. The van der Waals surface area contributed by atoms with Gasteiger partial charge in [0.1, 0.15) is 12.4 Å². The van der Waals surface area contributed by atoms with Crippen molar-refractivity contribution in [1.29, 1.82) is 0 Å². The fraction of sp³-hybridized carbons (Fsp3) is 0.467. The Hall–Kier alpha value is -0.990. The van der Waals surface area contributed by atoms with Gasteiger partial charge in [0.05, 0.1) is 5.02 Å². The molecule has 1 aliphatic rings.